The first-order chi connectivity index (χ1) is 14.2. The quantitative estimate of drug-likeness (QED) is 0.762. The van der Waals surface area contributed by atoms with Crippen LogP contribution in [0.4, 0.5) is 18.9 Å². The van der Waals surface area contributed by atoms with Gasteiger partial charge in [-0.15, -0.1) is 0 Å². The number of rotatable bonds is 5. The molecule has 1 saturated heterocycles. The molecule has 2 aliphatic carbocycles. The fourth-order valence-electron chi connectivity index (χ4n) is 5.32. The van der Waals surface area contributed by atoms with E-state index in [1.807, 2.05) is 0 Å². The summed E-state index contributed by atoms with van der Waals surface area (Å²) in [6, 6.07) is 5.09. The van der Waals surface area contributed by atoms with E-state index in [1.54, 1.807) is 0 Å². The minimum absolute atomic E-state index is 0.0403. The van der Waals surface area contributed by atoms with Crippen LogP contribution in [-0.4, -0.2) is 42.4 Å². The van der Waals surface area contributed by atoms with Crippen molar-refractivity contribution in [2.45, 2.75) is 44.8 Å². The zero-order valence-electron chi connectivity index (χ0n) is 17.0. The highest BCUT2D eigenvalue weighted by atomic mass is 19.4. The van der Waals surface area contributed by atoms with Gasteiger partial charge in [-0.05, 0) is 48.8 Å². The molecule has 3 unspecified atom stereocenters. The topological polar surface area (TPSA) is 61.4 Å². The number of nitrogens with one attached hydrogen (secondary N) is 2. The zero-order valence-corrected chi connectivity index (χ0v) is 17.0. The first-order valence-corrected chi connectivity index (χ1v) is 10.7. The van der Waals surface area contributed by atoms with Crippen molar-refractivity contribution in [2.75, 3.05) is 25.0 Å². The van der Waals surface area contributed by atoms with Gasteiger partial charge in [-0.25, -0.2) is 0 Å². The van der Waals surface area contributed by atoms with E-state index >= 15 is 0 Å². The maximum Gasteiger partial charge on any atom is 0.416 e. The summed E-state index contributed by atoms with van der Waals surface area (Å²) in [5, 5.41) is 5.06. The number of likely N-dealkylation sites (tertiary alicyclic amines) is 1. The van der Waals surface area contributed by atoms with E-state index in [-0.39, 0.29) is 24.1 Å². The van der Waals surface area contributed by atoms with E-state index in [2.05, 4.69) is 22.5 Å². The van der Waals surface area contributed by atoms with Gasteiger partial charge in [0.1, 0.15) is 0 Å². The number of anilines is 1. The highest BCUT2D eigenvalue weighted by Crippen LogP contribution is 2.53. The average molecular weight is 423 g/mol. The van der Waals surface area contributed by atoms with Crippen LogP contribution in [-0.2, 0) is 15.8 Å². The van der Waals surface area contributed by atoms with E-state index in [0.29, 0.717) is 23.8 Å². The number of carbonyl (C=O) groups excluding carboxylic acids is 2. The van der Waals surface area contributed by atoms with Gasteiger partial charge in [-0.1, -0.05) is 25.8 Å². The summed E-state index contributed by atoms with van der Waals surface area (Å²) in [7, 11) is 0. The number of hydrogen-bond donors (Lipinski definition) is 2. The van der Waals surface area contributed by atoms with Crippen LogP contribution in [0.15, 0.2) is 24.3 Å². The number of hydrogen-bond acceptors (Lipinski definition) is 3. The average Bonchev–Trinajstić information content (AvgIpc) is 3.20. The Labute approximate surface area is 174 Å². The summed E-state index contributed by atoms with van der Waals surface area (Å²) >= 11 is 0. The Hall–Kier alpha value is -2.09. The molecule has 5 nitrogen and oxygen atoms in total. The summed E-state index contributed by atoms with van der Waals surface area (Å²) in [6.07, 6.45) is 0.647. The number of nitrogens with zero attached hydrogens (tertiary/aromatic N) is 1. The first-order valence-electron chi connectivity index (χ1n) is 10.7. The van der Waals surface area contributed by atoms with E-state index in [4.69, 9.17) is 0 Å². The SMILES string of the molecule is CC1CCCCC1N1C[C@@H]2C(C(=O)NCC(=O)Nc3cccc(C(F)(F)F)c3)[C@@H]2C1. The lowest BCUT2D eigenvalue weighted by molar-refractivity contribution is -0.137. The largest absolute Gasteiger partial charge is 0.416 e. The minimum Gasteiger partial charge on any atom is -0.347 e. The lowest BCUT2D eigenvalue weighted by Crippen LogP contribution is -2.43. The Morgan fingerprint density at radius 2 is 1.83 bits per heavy atom. The van der Waals surface area contributed by atoms with Crippen molar-refractivity contribution in [3.05, 3.63) is 29.8 Å². The monoisotopic (exact) mass is 423 g/mol. The molecular weight excluding hydrogens is 395 g/mol. The lowest BCUT2D eigenvalue weighted by Gasteiger charge is -2.37. The van der Waals surface area contributed by atoms with E-state index < -0.39 is 17.6 Å². The second-order valence-corrected chi connectivity index (χ2v) is 8.98. The molecule has 3 aliphatic rings. The fourth-order valence-corrected chi connectivity index (χ4v) is 5.32. The van der Waals surface area contributed by atoms with Gasteiger partial charge in [-0.2, -0.15) is 13.2 Å². The molecule has 2 N–H and O–H groups in total. The summed E-state index contributed by atoms with van der Waals surface area (Å²) < 4.78 is 38.3. The number of alkyl halides is 3. The lowest BCUT2D eigenvalue weighted by atomic mass is 9.85. The summed E-state index contributed by atoms with van der Waals surface area (Å²) in [6.45, 7) is 3.98. The number of piperidine rings is 1. The molecule has 2 amide bonds. The molecule has 0 bridgehead atoms. The Bertz CT molecular complexity index is 801. The van der Waals surface area contributed by atoms with Crippen LogP contribution in [0.2, 0.25) is 0 Å². The van der Waals surface area contributed by atoms with Gasteiger partial charge in [-0.3, -0.25) is 14.5 Å². The predicted molar refractivity (Wildman–Crippen MR) is 107 cm³/mol. The van der Waals surface area contributed by atoms with Crippen LogP contribution in [0, 0.1) is 23.7 Å². The number of benzene rings is 1. The van der Waals surface area contributed by atoms with Crippen LogP contribution in [0.1, 0.15) is 38.2 Å². The Morgan fingerprint density at radius 3 is 2.50 bits per heavy atom. The van der Waals surface area contributed by atoms with Crippen molar-refractivity contribution >= 4 is 17.5 Å². The zero-order chi connectivity index (χ0) is 21.5. The molecule has 8 heteroatoms. The Morgan fingerprint density at radius 1 is 1.13 bits per heavy atom. The maximum absolute atomic E-state index is 12.8. The summed E-state index contributed by atoms with van der Waals surface area (Å²) in [4.78, 5) is 27.0. The molecule has 0 aromatic heterocycles. The highest BCUT2D eigenvalue weighted by Gasteiger charge is 2.60. The van der Waals surface area contributed by atoms with Crippen molar-refractivity contribution in [3.63, 3.8) is 0 Å². The smallest absolute Gasteiger partial charge is 0.347 e. The second-order valence-electron chi connectivity index (χ2n) is 8.98. The third-order valence-corrected chi connectivity index (χ3v) is 6.96. The summed E-state index contributed by atoms with van der Waals surface area (Å²) in [5.74, 6) is 0.743. The second kappa shape index (κ2) is 8.21. The van der Waals surface area contributed by atoms with Crippen molar-refractivity contribution in [3.8, 4) is 0 Å². The predicted octanol–water partition coefficient (Wildman–Crippen LogP) is 3.52. The van der Waals surface area contributed by atoms with Crippen molar-refractivity contribution < 1.29 is 22.8 Å². The first kappa shape index (κ1) is 21.2. The standard InChI is InChI=1S/C22H28F3N3O2/c1-13-5-2-3-8-18(13)28-11-16-17(12-28)20(16)21(30)26-10-19(29)27-15-7-4-6-14(9-15)22(23,24)25/h4,6-7,9,13,16-18,20H,2-3,5,8,10-12H2,1H3,(H,26,30)(H,27,29)/t13?,16-,17+,18?,20?. The molecule has 4 rings (SSSR count). The number of fused-ring (bicyclic) bond motifs is 1. The molecule has 3 fully saturated rings. The Balaban J connectivity index is 1.22. The van der Waals surface area contributed by atoms with Crippen molar-refractivity contribution in [2.24, 2.45) is 23.7 Å². The third-order valence-electron chi connectivity index (χ3n) is 6.96. The summed E-state index contributed by atoms with van der Waals surface area (Å²) in [5.41, 5.74) is -0.767. The molecule has 30 heavy (non-hydrogen) atoms. The molecule has 1 heterocycles. The third kappa shape index (κ3) is 4.48. The van der Waals surface area contributed by atoms with Crippen molar-refractivity contribution in [1.82, 2.24) is 10.2 Å². The van der Waals surface area contributed by atoms with Crippen LogP contribution in [0.25, 0.3) is 0 Å². The van der Waals surface area contributed by atoms with Gasteiger partial charge in [0.15, 0.2) is 0 Å². The number of amides is 2. The van der Waals surface area contributed by atoms with E-state index in [9.17, 15) is 22.8 Å². The fraction of sp³-hybridized carbons (Fsp3) is 0.636. The molecule has 1 aliphatic heterocycles. The van der Waals surface area contributed by atoms with Gasteiger partial charge in [0.2, 0.25) is 11.8 Å². The maximum atomic E-state index is 12.8. The normalized spacial score (nSPS) is 31.1. The number of carbonyl (C=O) groups is 2. The molecule has 2 saturated carbocycles. The van der Waals surface area contributed by atoms with Gasteiger partial charge in [0.25, 0.3) is 0 Å². The molecule has 164 valence electrons. The minimum atomic E-state index is -4.47. The van der Waals surface area contributed by atoms with Gasteiger partial charge in [0.05, 0.1) is 12.1 Å². The van der Waals surface area contributed by atoms with Crippen LogP contribution in [0.5, 0.6) is 0 Å². The molecule has 0 radical (unpaired) electrons. The molecule has 5 atom stereocenters. The van der Waals surface area contributed by atoms with Crippen LogP contribution < -0.4 is 10.6 Å². The van der Waals surface area contributed by atoms with E-state index in [0.717, 1.165) is 25.2 Å². The number of halogens is 3. The molecule has 1 aromatic carbocycles. The van der Waals surface area contributed by atoms with Gasteiger partial charge in [0, 0.05) is 30.7 Å². The van der Waals surface area contributed by atoms with Gasteiger partial charge >= 0.3 is 6.18 Å². The molecular formula is C22H28F3N3O2. The van der Waals surface area contributed by atoms with Crippen LogP contribution in [0.3, 0.4) is 0 Å². The van der Waals surface area contributed by atoms with Gasteiger partial charge < -0.3 is 10.6 Å². The van der Waals surface area contributed by atoms with E-state index in [1.165, 1.54) is 37.8 Å². The molecule has 1 aromatic rings. The Kier molecular flexibility index (Phi) is 5.79. The molecule has 0 spiro atoms. The highest BCUT2D eigenvalue weighted by molar-refractivity contribution is 5.95. The van der Waals surface area contributed by atoms with Crippen molar-refractivity contribution in [1.29, 1.82) is 0 Å². The van der Waals surface area contributed by atoms with Crippen LogP contribution >= 0.6 is 0 Å².